The van der Waals surface area contributed by atoms with E-state index in [1.54, 1.807) is 18.7 Å². The summed E-state index contributed by atoms with van der Waals surface area (Å²) in [6.45, 7) is 8.04. The Labute approximate surface area is 156 Å². The number of hydrogen-bond acceptors (Lipinski definition) is 2. The van der Waals surface area contributed by atoms with Crippen molar-refractivity contribution in [2.45, 2.75) is 50.2 Å². The summed E-state index contributed by atoms with van der Waals surface area (Å²) < 4.78 is 11.5. The van der Waals surface area contributed by atoms with Crippen LogP contribution in [0, 0.1) is 0 Å². The van der Waals surface area contributed by atoms with Crippen LogP contribution in [0.1, 0.15) is 40.5 Å². The summed E-state index contributed by atoms with van der Waals surface area (Å²) in [5, 5.41) is 0.946. The monoisotopic (exact) mass is 614 g/mol. The molecule has 1 aliphatic rings. The van der Waals surface area contributed by atoms with Crippen molar-refractivity contribution in [1.82, 2.24) is 4.90 Å². The first-order valence-corrected chi connectivity index (χ1v) is 17.2. The van der Waals surface area contributed by atoms with E-state index in [0.29, 0.717) is 16.0 Å². The number of hydrogen-bond donors (Lipinski definition) is 0. The van der Waals surface area contributed by atoms with E-state index in [9.17, 15) is 9.00 Å². The van der Waals surface area contributed by atoms with Crippen molar-refractivity contribution >= 4 is 72.6 Å². The number of carbonyl (C=O) groups is 1. The molecule has 1 saturated heterocycles. The second kappa shape index (κ2) is 9.32. The van der Waals surface area contributed by atoms with E-state index in [4.69, 9.17) is 0 Å². The molecule has 1 atom stereocenters. The molecule has 0 aromatic carbocycles. The molecule has 0 aromatic rings. The maximum absolute atomic E-state index is 12.2. The molecule has 3 nitrogen and oxygen atoms in total. The van der Waals surface area contributed by atoms with Crippen LogP contribution in [0.3, 0.4) is 0 Å². The minimum atomic E-state index is -1.14. The zero-order chi connectivity index (χ0) is 15.3. The van der Waals surface area contributed by atoms with E-state index in [-0.39, 0.29) is 5.91 Å². The van der Waals surface area contributed by atoms with E-state index < -0.39 is 20.4 Å². The van der Waals surface area contributed by atoms with Gasteiger partial charge in [-0.1, -0.05) is 15.9 Å². The molecular weight excluding hydrogens is 595 g/mol. The molecule has 0 radical (unpaired) electrons. The van der Waals surface area contributed by atoms with Gasteiger partial charge in [0.25, 0.3) is 0 Å². The Kier molecular flexibility index (Phi) is 10.4. The van der Waals surface area contributed by atoms with Crippen LogP contribution in [0.4, 0.5) is 0 Å². The summed E-state index contributed by atoms with van der Waals surface area (Å²) in [6, 6.07) is 0. The van der Waals surface area contributed by atoms with Crippen molar-refractivity contribution in [2.24, 2.45) is 0 Å². The van der Waals surface area contributed by atoms with E-state index in [1.807, 2.05) is 13.8 Å². The van der Waals surface area contributed by atoms with Crippen LogP contribution in [0.25, 0.3) is 0 Å². The summed E-state index contributed by atoms with van der Waals surface area (Å²) in [5.41, 5.74) is 0. The average molecular weight is 615 g/mol. The van der Waals surface area contributed by atoms with Gasteiger partial charge in [-0.2, -0.15) is 0 Å². The summed E-state index contributed by atoms with van der Waals surface area (Å²) in [7, 11) is -0.517. The van der Waals surface area contributed by atoms with Gasteiger partial charge in [-0.25, -0.2) is 0 Å². The third-order valence-corrected chi connectivity index (χ3v) is 5.88. The average Bonchev–Trinajstić information content (AvgIpc) is 2.43. The quantitative estimate of drug-likeness (QED) is 0.273. The molecule has 1 rings (SSSR count). The van der Waals surface area contributed by atoms with Gasteiger partial charge < -0.3 is 4.90 Å². The zero-order valence-electron chi connectivity index (χ0n) is 11.6. The van der Waals surface area contributed by atoms with Crippen LogP contribution in [0.15, 0.2) is 0 Å². The molecule has 1 fully saturated rings. The normalized spacial score (nSPS) is 23.8. The standard InChI is InChI=1S/C11H20BrNO2S.2HI.V/c1-10(2)9(14)13(8-6-5-7-12)11(3,4)16(10)15;;;/h5-8H2,1-4H3;2*1H;/q;;;+2/p-2. The van der Waals surface area contributed by atoms with E-state index in [1.165, 1.54) is 0 Å². The molecule has 1 amide bonds. The molecule has 19 heavy (non-hydrogen) atoms. The Bertz CT molecular complexity index is 343. The number of alkyl halides is 1. The fourth-order valence-corrected chi connectivity index (χ4v) is 4.40. The second-order valence-corrected chi connectivity index (χ2v) is 20.3. The molecule has 0 bridgehead atoms. The van der Waals surface area contributed by atoms with E-state index in [0.717, 1.165) is 18.2 Å². The molecule has 0 spiro atoms. The predicted octanol–water partition coefficient (Wildman–Crippen LogP) is 4.04. The zero-order valence-corrected chi connectivity index (χ0v) is 19.7. The van der Waals surface area contributed by atoms with Crippen LogP contribution in [0.2, 0.25) is 0 Å². The molecule has 8 heteroatoms. The Morgan fingerprint density at radius 2 is 1.74 bits per heavy atom. The maximum atomic E-state index is 12.2. The molecular formula is C11H20BrI2NO2SV. The SMILES string of the molecule is CC1(C)C(=O)N(CCCCBr)C(C)(C)S1=O.[I][V][I]. The fraction of sp³-hybridized carbons (Fsp3) is 0.909. The molecule has 1 aliphatic heterocycles. The van der Waals surface area contributed by atoms with Gasteiger partial charge >= 0.3 is 49.4 Å². The van der Waals surface area contributed by atoms with Gasteiger partial charge in [0, 0.05) is 11.9 Å². The Morgan fingerprint density at radius 1 is 1.26 bits per heavy atom. The third-order valence-electron chi connectivity index (χ3n) is 3.09. The van der Waals surface area contributed by atoms with Crippen molar-refractivity contribution in [3.8, 4) is 0 Å². The topological polar surface area (TPSA) is 37.4 Å². The Morgan fingerprint density at radius 3 is 2.05 bits per heavy atom. The molecule has 1 unspecified atom stereocenters. The predicted molar refractivity (Wildman–Crippen MR) is 99.1 cm³/mol. The fourth-order valence-electron chi connectivity index (χ4n) is 2.11. The molecule has 0 saturated carbocycles. The van der Waals surface area contributed by atoms with Crippen molar-refractivity contribution in [1.29, 1.82) is 0 Å². The first-order chi connectivity index (χ1) is 8.67. The molecule has 0 aliphatic carbocycles. The number of rotatable bonds is 4. The Hall–Kier alpha value is 2.14. The third kappa shape index (κ3) is 5.37. The van der Waals surface area contributed by atoms with Gasteiger partial charge in [-0.05, 0) is 40.5 Å². The summed E-state index contributed by atoms with van der Waals surface area (Å²) in [5.74, 6) is 0.0189. The van der Waals surface area contributed by atoms with Crippen LogP contribution in [0.5, 0.6) is 0 Å². The van der Waals surface area contributed by atoms with Crippen molar-refractivity contribution < 1.29 is 18.5 Å². The van der Waals surface area contributed by atoms with Gasteiger partial charge in [0.2, 0.25) is 5.91 Å². The summed E-state index contributed by atoms with van der Waals surface area (Å²) >= 11 is 8.11. The number of nitrogens with zero attached hydrogens (tertiary/aromatic N) is 1. The van der Waals surface area contributed by atoms with Crippen LogP contribution in [-0.2, 0) is 25.1 Å². The summed E-state index contributed by atoms with van der Waals surface area (Å²) in [6.07, 6.45) is 1.99. The van der Waals surface area contributed by atoms with Gasteiger partial charge in [0.05, 0.1) is 10.8 Å². The number of carbonyl (C=O) groups excluding carboxylic acids is 1. The van der Waals surface area contributed by atoms with Crippen LogP contribution < -0.4 is 0 Å². The molecule has 1 heterocycles. The first kappa shape index (κ1) is 21.1. The number of unbranched alkanes of at least 4 members (excludes halogenated alkanes) is 1. The van der Waals surface area contributed by atoms with Crippen molar-refractivity contribution in [2.75, 3.05) is 11.9 Å². The van der Waals surface area contributed by atoms with Gasteiger partial charge in [0.1, 0.15) is 9.62 Å². The van der Waals surface area contributed by atoms with Crippen molar-refractivity contribution in [3.05, 3.63) is 0 Å². The van der Waals surface area contributed by atoms with Gasteiger partial charge in [-0.15, -0.1) is 0 Å². The summed E-state index contributed by atoms with van der Waals surface area (Å²) in [4.78, 5) is 13.4. The Balaban J connectivity index is 0.000000982. The number of amides is 1. The van der Waals surface area contributed by atoms with E-state index in [2.05, 4.69) is 55.9 Å². The molecule has 0 aromatic heterocycles. The van der Waals surface area contributed by atoms with Crippen LogP contribution in [-0.4, -0.2) is 36.5 Å². The van der Waals surface area contributed by atoms with Gasteiger partial charge in [0.15, 0.2) is 0 Å². The van der Waals surface area contributed by atoms with Crippen molar-refractivity contribution in [3.63, 3.8) is 0 Å². The molecule has 0 N–H and O–H groups in total. The first-order valence-electron chi connectivity index (χ1n) is 5.90. The van der Waals surface area contributed by atoms with Crippen LogP contribution >= 0.6 is 55.9 Å². The number of halogens is 3. The van der Waals surface area contributed by atoms with E-state index >= 15 is 0 Å². The van der Waals surface area contributed by atoms with Gasteiger partial charge in [-0.3, -0.25) is 9.00 Å². The molecule has 113 valence electrons. The minimum absolute atomic E-state index is 0.0189. The second-order valence-electron chi connectivity index (χ2n) is 5.14.